The minimum atomic E-state index is -0.240. The minimum absolute atomic E-state index is 0.139. The van der Waals surface area contributed by atoms with E-state index in [1.807, 2.05) is 26.8 Å². The van der Waals surface area contributed by atoms with Crippen LogP contribution in [0, 0.1) is 6.92 Å². The average molecular weight is 497 g/mol. The molecule has 6 heteroatoms. The van der Waals surface area contributed by atoms with Crippen LogP contribution in [-0.4, -0.2) is 23.7 Å². The number of hydrogen-bond acceptors (Lipinski definition) is 4. The number of ether oxygens (including phenoxy) is 2. The lowest BCUT2D eigenvalue weighted by atomic mass is 9.93. The standard InChI is InChI=1S/C21H23Br2NO3/c1-12(2)27-19(25)10-16-13(3)24-17(11-22)21(23)20(16)15-6-7-18-14(9-15)5-4-8-26-18/h6-7,9,12H,4-5,8,10-11H2,1-3H3. The lowest BCUT2D eigenvalue weighted by Crippen LogP contribution is -2.16. The summed E-state index contributed by atoms with van der Waals surface area (Å²) in [6.07, 6.45) is 2.08. The summed E-state index contributed by atoms with van der Waals surface area (Å²) in [4.78, 5) is 17.0. The van der Waals surface area contributed by atoms with Gasteiger partial charge in [0, 0.05) is 21.1 Å². The number of aromatic nitrogens is 1. The third-order valence-electron chi connectivity index (χ3n) is 4.53. The topological polar surface area (TPSA) is 48.4 Å². The molecule has 0 N–H and O–H groups in total. The molecule has 0 unspecified atom stereocenters. The largest absolute Gasteiger partial charge is 0.493 e. The molecular weight excluding hydrogens is 474 g/mol. The molecule has 1 aromatic heterocycles. The summed E-state index contributed by atoms with van der Waals surface area (Å²) >= 11 is 7.24. The summed E-state index contributed by atoms with van der Waals surface area (Å²) in [6.45, 7) is 6.43. The highest BCUT2D eigenvalue weighted by molar-refractivity contribution is 9.11. The molecule has 0 atom stereocenters. The van der Waals surface area contributed by atoms with Crippen molar-refractivity contribution >= 4 is 37.8 Å². The van der Waals surface area contributed by atoms with Gasteiger partial charge in [0.1, 0.15) is 5.75 Å². The molecule has 1 aliphatic heterocycles. The monoisotopic (exact) mass is 495 g/mol. The second kappa shape index (κ2) is 8.74. The summed E-state index contributed by atoms with van der Waals surface area (Å²) in [7, 11) is 0. The predicted octanol–water partition coefficient (Wildman–Crippen LogP) is 5.53. The maximum atomic E-state index is 12.4. The molecule has 2 heterocycles. The van der Waals surface area contributed by atoms with E-state index in [1.165, 1.54) is 5.56 Å². The highest BCUT2D eigenvalue weighted by Gasteiger charge is 2.22. The van der Waals surface area contributed by atoms with E-state index in [-0.39, 0.29) is 18.5 Å². The van der Waals surface area contributed by atoms with Crippen LogP contribution in [0.25, 0.3) is 11.1 Å². The van der Waals surface area contributed by atoms with E-state index in [0.29, 0.717) is 5.33 Å². The summed E-state index contributed by atoms with van der Waals surface area (Å²) in [5, 5.41) is 0.631. The number of esters is 1. The Hall–Kier alpha value is -1.40. The summed E-state index contributed by atoms with van der Waals surface area (Å²) in [5.41, 5.74) is 5.93. The molecule has 144 valence electrons. The molecular formula is C21H23Br2NO3. The van der Waals surface area contributed by atoms with Crippen molar-refractivity contribution in [2.45, 2.75) is 51.5 Å². The molecule has 4 nitrogen and oxygen atoms in total. The van der Waals surface area contributed by atoms with Crippen LogP contribution in [0.5, 0.6) is 5.75 Å². The van der Waals surface area contributed by atoms with Gasteiger partial charge in [-0.15, -0.1) is 0 Å². The van der Waals surface area contributed by atoms with Crippen LogP contribution in [0.4, 0.5) is 0 Å². The number of nitrogens with zero attached hydrogens (tertiary/aromatic N) is 1. The Labute approximate surface area is 176 Å². The lowest BCUT2D eigenvalue weighted by Gasteiger charge is -2.21. The van der Waals surface area contributed by atoms with Crippen molar-refractivity contribution in [2.75, 3.05) is 6.61 Å². The Morgan fingerprint density at radius 1 is 1.37 bits per heavy atom. The lowest BCUT2D eigenvalue weighted by molar-refractivity contribution is -0.146. The quantitative estimate of drug-likeness (QED) is 0.403. The van der Waals surface area contributed by atoms with Gasteiger partial charge in [0.05, 0.1) is 24.8 Å². The maximum Gasteiger partial charge on any atom is 0.310 e. The van der Waals surface area contributed by atoms with E-state index >= 15 is 0 Å². The average Bonchev–Trinajstić information content (AvgIpc) is 2.63. The number of fused-ring (bicyclic) bond motifs is 1. The van der Waals surface area contributed by atoms with Gasteiger partial charge >= 0.3 is 5.97 Å². The van der Waals surface area contributed by atoms with Gasteiger partial charge in [-0.2, -0.15) is 0 Å². The number of hydrogen-bond donors (Lipinski definition) is 0. The van der Waals surface area contributed by atoms with Gasteiger partial charge in [-0.3, -0.25) is 9.78 Å². The Morgan fingerprint density at radius 3 is 2.85 bits per heavy atom. The van der Waals surface area contributed by atoms with Gasteiger partial charge in [-0.25, -0.2) is 0 Å². The number of aryl methyl sites for hydroxylation is 2. The molecule has 0 amide bonds. The molecule has 0 spiro atoms. The van der Waals surface area contributed by atoms with Crippen molar-refractivity contribution in [3.8, 4) is 16.9 Å². The van der Waals surface area contributed by atoms with Crippen LogP contribution in [0.2, 0.25) is 0 Å². The summed E-state index contributed by atoms with van der Waals surface area (Å²) in [5.74, 6) is 0.712. The highest BCUT2D eigenvalue weighted by atomic mass is 79.9. The molecule has 0 saturated heterocycles. The number of benzene rings is 1. The molecule has 0 bridgehead atoms. The fourth-order valence-corrected chi connectivity index (χ4v) is 4.83. The van der Waals surface area contributed by atoms with Gasteiger partial charge < -0.3 is 9.47 Å². The highest BCUT2D eigenvalue weighted by Crippen LogP contribution is 2.39. The number of carbonyl (C=O) groups is 1. The first-order valence-corrected chi connectivity index (χ1v) is 11.0. The normalized spacial score (nSPS) is 13.3. The Bertz CT molecular complexity index is 865. The third-order valence-corrected chi connectivity index (χ3v) is 5.91. The number of carbonyl (C=O) groups excluding carboxylic acids is 1. The number of pyridine rings is 1. The molecule has 0 aliphatic carbocycles. The minimum Gasteiger partial charge on any atom is -0.493 e. The van der Waals surface area contributed by atoms with E-state index < -0.39 is 0 Å². The van der Waals surface area contributed by atoms with Crippen LogP contribution >= 0.6 is 31.9 Å². The van der Waals surface area contributed by atoms with Crippen LogP contribution in [0.15, 0.2) is 22.7 Å². The van der Waals surface area contributed by atoms with Gasteiger partial charge in [0.25, 0.3) is 0 Å². The Kier molecular flexibility index (Phi) is 6.58. The van der Waals surface area contributed by atoms with Gasteiger partial charge in [0.2, 0.25) is 0 Å². The first-order chi connectivity index (χ1) is 12.9. The maximum absolute atomic E-state index is 12.4. The third kappa shape index (κ3) is 4.54. The van der Waals surface area contributed by atoms with Gasteiger partial charge in [-0.1, -0.05) is 22.0 Å². The molecule has 0 fully saturated rings. The fraction of sp³-hybridized carbons (Fsp3) is 0.429. The Morgan fingerprint density at radius 2 is 2.15 bits per heavy atom. The van der Waals surface area contributed by atoms with Crippen molar-refractivity contribution in [1.82, 2.24) is 4.98 Å². The van der Waals surface area contributed by atoms with Crippen molar-refractivity contribution in [1.29, 1.82) is 0 Å². The number of halogens is 2. The SMILES string of the molecule is Cc1nc(CBr)c(Br)c(-c2ccc3c(c2)CCCO3)c1CC(=O)OC(C)C. The molecule has 3 rings (SSSR count). The molecule has 0 saturated carbocycles. The fourth-order valence-electron chi connectivity index (χ4n) is 3.35. The van der Waals surface area contributed by atoms with Gasteiger partial charge in [0.15, 0.2) is 0 Å². The van der Waals surface area contributed by atoms with Crippen molar-refractivity contribution in [2.24, 2.45) is 0 Å². The summed E-state index contributed by atoms with van der Waals surface area (Å²) in [6, 6.07) is 6.25. The van der Waals surface area contributed by atoms with E-state index in [2.05, 4.69) is 49.0 Å². The first kappa shape index (κ1) is 20.3. The predicted molar refractivity (Wildman–Crippen MR) is 113 cm³/mol. The van der Waals surface area contributed by atoms with Gasteiger partial charge in [-0.05, 0) is 78.4 Å². The second-order valence-corrected chi connectivity index (χ2v) is 8.29. The van der Waals surface area contributed by atoms with E-state index in [4.69, 9.17) is 9.47 Å². The molecule has 27 heavy (non-hydrogen) atoms. The van der Waals surface area contributed by atoms with E-state index in [9.17, 15) is 4.79 Å². The van der Waals surface area contributed by atoms with Crippen molar-refractivity contribution in [3.05, 3.63) is 45.2 Å². The van der Waals surface area contributed by atoms with Crippen molar-refractivity contribution in [3.63, 3.8) is 0 Å². The van der Waals surface area contributed by atoms with Crippen molar-refractivity contribution < 1.29 is 14.3 Å². The molecule has 2 aromatic rings. The first-order valence-electron chi connectivity index (χ1n) is 9.10. The molecule has 1 aliphatic rings. The van der Waals surface area contributed by atoms with E-state index in [1.54, 1.807) is 0 Å². The molecule has 1 aromatic carbocycles. The zero-order valence-electron chi connectivity index (χ0n) is 15.8. The van der Waals surface area contributed by atoms with E-state index in [0.717, 1.165) is 57.7 Å². The summed E-state index contributed by atoms with van der Waals surface area (Å²) < 4.78 is 12.0. The smallest absolute Gasteiger partial charge is 0.310 e. The number of alkyl halides is 1. The van der Waals surface area contributed by atoms with Crippen LogP contribution in [0.3, 0.4) is 0 Å². The van der Waals surface area contributed by atoms with Crippen LogP contribution in [-0.2, 0) is 27.7 Å². The zero-order chi connectivity index (χ0) is 19.6. The second-order valence-electron chi connectivity index (χ2n) is 6.93. The Balaban J connectivity index is 2.11. The van der Waals surface area contributed by atoms with Crippen LogP contribution < -0.4 is 4.74 Å². The molecule has 0 radical (unpaired) electrons. The number of rotatable bonds is 5. The zero-order valence-corrected chi connectivity index (χ0v) is 18.9. The van der Waals surface area contributed by atoms with Crippen LogP contribution in [0.1, 0.15) is 42.8 Å².